The summed E-state index contributed by atoms with van der Waals surface area (Å²) < 4.78 is 0. The molecule has 108 valence electrons. The number of nitriles is 1. The van der Waals surface area contributed by atoms with Crippen LogP contribution in [0, 0.1) is 11.3 Å². The third-order valence-electron chi connectivity index (χ3n) is 2.43. The first kappa shape index (κ1) is 16.4. The molecule has 0 spiro atoms. The van der Waals surface area contributed by atoms with Gasteiger partial charge >= 0.3 is 5.97 Å². The van der Waals surface area contributed by atoms with Gasteiger partial charge in [0, 0.05) is 5.02 Å². The highest BCUT2D eigenvalue weighted by atomic mass is 35.5. The van der Waals surface area contributed by atoms with Crippen LogP contribution in [0.4, 0.5) is 0 Å². The molecule has 0 saturated heterocycles. The van der Waals surface area contributed by atoms with E-state index in [2.05, 4.69) is 10.5 Å². The number of halogens is 1. The van der Waals surface area contributed by atoms with Crippen LogP contribution in [0.25, 0.3) is 0 Å². The van der Waals surface area contributed by atoms with E-state index in [0.29, 0.717) is 10.6 Å². The van der Waals surface area contributed by atoms with Crippen molar-refractivity contribution >= 4 is 29.7 Å². The van der Waals surface area contributed by atoms with E-state index in [1.165, 1.54) is 13.1 Å². The first-order valence-electron chi connectivity index (χ1n) is 5.84. The lowest BCUT2D eigenvalue weighted by atomic mass is 10.1. The molecule has 2 N–H and O–H groups in total. The quantitative estimate of drug-likeness (QED) is 0.376. The Morgan fingerprint density at radius 2 is 2.05 bits per heavy atom. The number of hydrogen-bond donors (Lipinski definition) is 2. The van der Waals surface area contributed by atoms with Crippen molar-refractivity contribution in [2.75, 3.05) is 0 Å². The largest absolute Gasteiger partial charge is 0.481 e. The maximum atomic E-state index is 11.7. The highest BCUT2D eigenvalue weighted by Crippen LogP contribution is 2.09. The Kier molecular flexibility index (Phi) is 6.11. The van der Waals surface area contributed by atoms with Gasteiger partial charge in [-0.1, -0.05) is 23.7 Å². The highest BCUT2D eigenvalue weighted by Gasteiger charge is 2.13. The predicted molar refractivity (Wildman–Crippen MR) is 77.8 cm³/mol. The van der Waals surface area contributed by atoms with Crippen molar-refractivity contribution in [1.29, 1.82) is 5.26 Å². The predicted octanol–water partition coefficient (Wildman–Crippen LogP) is 2.10. The molecule has 1 rings (SSSR count). The lowest BCUT2D eigenvalue weighted by Crippen LogP contribution is -2.20. The van der Waals surface area contributed by atoms with Gasteiger partial charge in [-0.2, -0.15) is 10.4 Å². The molecule has 0 bridgehead atoms. The number of carbonyl (C=O) groups excluding carboxylic acids is 1. The Morgan fingerprint density at radius 3 is 2.57 bits per heavy atom. The molecule has 0 aromatic heterocycles. The first-order valence-corrected chi connectivity index (χ1v) is 6.22. The van der Waals surface area contributed by atoms with Gasteiger partial charge in [0.25, 0.3) is 5.91 Å². The van der Waals surface area contributed by atoms with Crippen molar-refractivity contribution in [3.63, 3.8) is 0 Å². The zero-order chi connectivity index (χ0) is 15.8. The summed E-state index contributed by atoms with van der Waals surface area (Å²) in [5.41, 5.74) is 2.80. The van der Waals surface area contributed by atoms with E-state index in [-0.39, 0.29) is 17.6 Å². The van der Waals surface area contributed by atoms with E-state index in [0.717, 1.165) is 0 Å². The summed E-state index contributed by atoms with van der Waals surface area (Å²) in [6.07, 6.45) is 1.01. The number of amides is 1. The number of carboxylic acids is 1. The number of aliphatic carboxylic acids is 1. The fourth-order valence-corrected chi connectivity index (χ4v) is 1.55. The summed E-state index contributed by atoms with van der Waals surface area (Å²) in [5, 5.41) is 21.8. The molecule has 21 heavy (non-hydrogen) atoms. The highest BCUT2D eigenvalue weighted by molar-refractivity contribution is 6.30. The van der Waals surface area contributed by atoms with Gasteiger partial charge in [0.15, 0.2) is 0 Å². The second-order valence-corrected chi connectivity index (χ2v) is 4.52. The van der Waals surface area contributed by atoms with Gasteiger partial charge in [0.2, 0.25) is 0 Å². The van der Waals surface area contributed by atoms with Crippen molar-refractivity contribution in [2.45, 2.75) is 13.3 Å². The SMILES string of the molecule is C/C(CC(=O)O)=C(/C#N)C(=O)N/N=C/c1ccc(Cl)cc1. The Morgan fingerprint density at radius 1 is 1.43 bits per heavy atom. The minimum absolute atomic E-state index is 0.171. The molecule has 1 amide bonds. The number of hydrazone groups is 1. The summed E-state index contributed by atoms with van der Waals surface area (Å²) in [6, 6.07) is 8.42. The van der Waals surface area contributed by atoms with E-state index in [1.807, 2.05) is 0 Å². The molecule has 1 aromatic carbocycles. The molecule has 7 heteroatoms. The number of rotatable bonds is 5. The number of benzene rings is 1. The van der Waals surface area contributed by atoms with Gasteiger partial charge in [-0.25, -0.2) is 5.43 Å². The van der Waals surface area contributed by atoms with Crippen molar-refractivity contribution in [1.82, 2.24) is 5.43 Å². The van der Waals surface area contributed by atoms with Gasteiger partial charge < -0.3 is 5.11 Å². The molecule has 0 fully saturated rings. The lowest BCUT2D eigenvalue weighted by Gasteiger charge is -2.02. The summed E-state index contributed by atoms with van der Waals surface area (Å²) in [7, 11) is 0. The van der Waals surface area contributed by atoms with Crippen molar-refractivity contribution < 1.29 is 14.7 Å². The van der Waals surface area contributed by atoms with Gasteiger partial charge in [0.05, 0.1) is 12.6 Å². The zero-order valence-electron chi connectivity index (χ0n) is 11.1. The Labute approximate surface area is 126 Å². The monoisotopic (exact) mass is 305 g/mol. The van der Waals surface area contributed by atoms with Gasteiger partial charge in [-0.05, 0) is 30.2 Å². The van der Waals surface area contributed by atoms with Crippen LogP contribution in [0.15, 0.2) is 40.5 Å². The minimum atomic E-state index is -1.11. The third kappa shape index (κ3) is 5.47. The number of hydrogen-bond acceptors (Lipinski definition) is 4. The third-order valence-corrected chi connectivity index (χ3v) is 2.68. The summed E-state index contributed by atoms with van der Waals surface area (Å²) in [5.74, 6) is -1.86. The van der Waals surface area contributed by atoms with Gasteiger partial charge in [-0.15, -0.1) is 0 Å². The van der Waals surface area contributed by atoms with Crippen LogP contribution >= 0.6 is 11.6 Å². The molecule has 0 saturated carbocycles. The number of carboxylic acid groups (broad SMARTS) is 1. The van der Waals surface area contributed by atoms with Crippen LogP contribution in [-0.2, 0) is 9.59 Å². The first-order chi connectivity index (χ1) is 9.93. The number of nitrogens with zero attached hydrogens (tertiary/aromatic N) is 2. The second kappa shape index (κ2) is 7.82. The van der Waals surface area contributed by atoms with Gasteiger partial charge in [0.1, 0.15) is 11.6 Å². The summed E-state index contributed by atoms with van der Waals surface area (Å²) >= 11 is 5.73. The molecule has 0 aliphatic carbocycles. The molecule has 0 aliphatic rings. The van der Waals surface area contributed by atoms with E-state index in [4.69, 9.17) is 22.0 Å². The molecule has 0 unspecified atom stereocenters. The average molecular weight is 306 g/mol. The fraction of sp³-hybridized carbons (Fsp3) is 0.143. The summed E-state index contributed by atoms with van der Waals surface area (Å²) in [4.78, 5) is 22.3. The average Bonchev–Trinajstić information content (AvgIpc) is 2.41. The smallest absolute Gasteiger partial charge is 0.307 e. The Balaban J connectivity index is 2.74. The normalized spacial score (nSPS) is 11.7. The number of carbonyl (C=O) groups is 2. The van der Waals surface area contributed by atoms with Crippen molar-refractivity contribution in [3.8, 4) is 6.07 Å². The van der Waals surface area contributed by atoms with E-state index >= 15 is 0 Å². The molecular formula is C14H12ClN3O3. The molecule has 1 aromatic rings. The summed E-state index contributed by atoms with van der Waals surface area (Å²) in [6.45, 7) is 1.41. The Hall–Kier alpha value is -2.65. The van der Waals surface area contributed by atoms with Crippen molar-refractivity contribution in [2.24, 2.45) is 5.10 Å². The van der Waals surface area contributed by atoms with Crippen LogP contribution in [-0.4, -0.2) is 23.2 Å². The molecule has 6 nitrogen and oxygen atoms in total. The van der Waals surface area contributed by atoms with Crippen LogP contribution in [0.2, 0.25) is 5.02 Å². The Bertz CT molecular complexity index is 642. The minimum Gasteiger partial charge on any atom is -0.481 e. The standard InChI is InChI=1S/C14H12ClN3O3/c1-9(6-13(19)20)12(7-16)14(21)18-17-8-10-2-4-11(15)5-3-10/h2-5,8H,6H2,1H3,(H,18,21)(H,19,20)/b12-9+,17-8+. The maximum absolute atomic E-state index is 11.7. The zero-order valence-corrected chi connectivity index (χ0v) is 11.9. The van der Waals surface area contributed by atoms with Crippen LogP contribution in [0.3, 0.4) is 0 Å². The van der Waals surface area contributed by atoms with E-state index in [9.17, 15) is 9.59 Å². The topological polar surface area (TPSA) is 103 Å². The second-order valence-electron chi connectivity index (χ2n) is 4.09. The van der Waals surface area contributed by atoms with Crippen LogP contribution in [0.5, 0.6) is 0 Å². The molecule has 0 aliphatic heterocycles. The van der Waals surface area contributed by atoms with E-state index < -0.39 is 11.9 Å². The fourth-order valence-electron chi connectivity index (χ4n) is 1.43. The molecule has 0 radical (unpaired) electrons. The van der Waals surface area contributed by atoms with Crippen LogP contribution < -0.4 is 5.43 Å². The maximum Gasteiger partial charge on any atom is 0.307 e. The molecular weight excluding hydrogens is 294 g/mol. The molecule has 0 heterocycles. The van der Waals surface area contributed by atoms with Crippen molar-refractivity contribution in [3.05, 3.63) is 46.0 Å². The number of nitrogens with one attached hydrogen (secondary N) is 1. The van der Waals surface area contributed by atoms with E-state index in [1.54, 1.807) is 30.3 Å². The lowest BCUT2D eigenvalue weighted by molar-refractivity contribution is -0.136. The molecule has 0 atom stereocenters. The van der Waals surface area contributed by atoms with Crippen LogP contribution in [0.1, 0.15) is 18.9 Å². The van der Waals surface area contributed by atoms with Gasteiger partial charge in [-0.3, -0.25) is 9.59 Å².